The van der Waals surface area contributed by atoms with Crippen LogP contribution in [0.3, 0.4) is 0 Å². The Morgan fingerprint density at radius 3 is 2.65 bits per heavy atom. The van der Waals surface area contributed by atoms with E-state index in [1.807, 2.05) is 6.07 Å². The SMILES string of the molecule is C=C(CCN1CCC(c2nc(CC)no2)CC1)c1ccccc1. The minimum atomic E-state index is 0.427. The van der Waals surface area contributed by atoms with Crippen molar-refractivity contribution in [1.82, 2.24) is 15.0 Å². The average molecular weight is 311 g/mol. The zero-order valence-corrected chi connectivity index (χ0v) is 13.9. The number of aryl methyl sites for hydroxylation is 1. The molecule has 1 aromatic heterocycles. The predicted octanol–water partition coefficient (Wildman–Crippen LogP) is 3.91. The standard InChI is InChI=1S/C19H25N3O/c1-3-18-20-19(23-21-18)17-10-13-22(14-11-17)12-9-15(2)16-7-5-4-6-8-16/h4-8,17H,2-3,9-14H2,1H3. The number of nitrogens with zero attached hydrogens (tertiary/aromatic N) is 3. The van der Waals surface area contributed by atoms with Crippen molar-refractivity contribution < 1.29 is 4.52 Å². The normalized spacial score (nSPS) is 16.6. The van der Waals surface area contributed by atoms with Gasteiger partial charge in [-0.3, -0.25) is 0 Å². The first-order valence-electron chi connectivity index (χ1n) is 8.54. The Morgan fingerprint density at radius 2 is 2.00 bits per heavy atom. The summed E-state index contributed by atoms with van der Waals surface area (Å²) in [6.07, 6.45) is 4.06. The molecular formula is C19H25N3O. The van der Waals surface area contributed by atoms with Crippen molar-refractivity contribution in [3.8, 4) is 0 Å². The zero-order chi connectivity index (χ0) is 16.1. The van der Waals surface area contributed by atoms with Crippen molar-refractivity contribution in [3.05, 3.63) is 54.2 Å². The van der Waals surface area contributed by atoms with Crippen molar-refractivity contribution in [2.24, 2.45) is 0 Å². The second-order valence-electron chi connectivity index (χ2n) is 6.24. The molecule has 0 atom stereocenters. The van der Waals surface area contributed by atoms with E-state index in [4.69, 9.17) is 4.52 Å². The minimum Gasteiger partial charge on any atom is -0.339 e. The van der Waals surface area contributed by atoms with Crippen LogP contribution in [0.4, 0.5) is 0 Å². The number of hydrogen-bond donors (Lipinski definition) is 0. The highest BCUT2D eigenvalue weighted by molar-refractivity contribution is 5.63. The van der Waals surface area contributed by atoms with Gasteiger partial charge in [-0.05, 0) is 43.5 Å². The number of likely N-dealkylation sites (tertiary alicyclic amines) is 1. The molecule has 1 saturated heterocycles. The van der Waals surface area contributed by atoms with Crippen LogP contribution in [-0.4, -0.2) is 34.7 Å². The lowest BCUT2D eigenvalue weighted by Gasteiger charge is -2.30. The van der Waals surface area contributed by atoms with Crippen LogP contribution in [0, 0.1) is 0 Å². The highest BCUT2D eigenvalue weighted by Crippen LogP contribution is 2.27. The van der Waals surface area contributed by atoms with Gasteiger partial charge in [0.25, 0.3) is 0 Å². The molecule has 1 fully saturated rings. The molecule has 1 aliphatic heterocycles. The summed E-state index contributed by atoms with van der Waals surface area (Å²) in [5, 5.41) is 4.01. The molecule has 0 amide bonds. The summed E-state index contributed by atoms with van der Waals surface area (Å²) < 4.78 is 5.39. The highest BCUT2D eigenvalue weighted by atomic mass is 16.5. The minimum absolute atomic E-state index is 0.427. The van der Waals surface area contributed by atoms with Gasteiger partial charge in [-0.2, -0.15) is 4.98 Å². The first kappa shape index (κ1) is 15.9. The molecule has 1 aromatic carbocycles. The van der Waals surface area contributed by atoms with Gasteiger partial charge in [-0.25, -0.2) is 0 Å². The van der Waals surface area contributed by atoms with E-state index in [9.17, 15) is 0 Å². The van der Waals surface area contributed by atoms with E-state index < -0.39 is 0 Å². The van der Waals surface area contributed by atoms with Crippen LogP contribution in [0.15, 0.2) is 41.4 Å². The van der Waals surface area contributed by atoms with Crippen LogP contribution in [0.2, 0.25) is 0 Å². The third kappa shape index (κ3) is 4.08. The first-order chi connectivity index (χ1) is 11.3. The van der Waals surface area contributed by atoms with Crippen molar-refractivity contribution in [2.75, 3.05) is 19.6 Å². The second-order valence-corrected chi connectivity index (χ2v) is 6.24. The topological polar surface area (TPSA) is 42.2 Å². The fourth-order valence-corrected chi connectivity index (χ4v) is 3.09. The fourth-order valence-electron chi connectivity index (χ4n) is 3.09. The molecule has 1 aliphatic rings. The maximum Gasteiger partial charge on any atom is 0.229 e. The van der Waals surface area contributed by atoms with Crippen LogP contribution >= 0.6 is 0 Å². The molecule has 0 bridgehead atoms. The van der Waals surface area contributed by atoms with Gasteiger partial charge in [0.2, 0.25) is 5.89 Å². The summed E-state index contributed by atoms with van der Waals surface area (Å²) in [4.78, 5) is 7.00. The summed E-state index contributed by atoms with van der Waals surface area (Å²) in [5.74, 6) is 2.08. The molecule has 0 N–H and O–H groups in total. The van der Waals surface area contributed by atoms with Gasteiger partial charge in [-0.1, -0.05) is 49.0 Å². The molecule has 4 heteroatoms. The molecule has 0 radical (unpaired) electrons. The van der Waals surface area contributed by atoms with Crippen LogP contribution in [-0.2, 0) is 6.42 Å². The first-order valence-corrected chi connectivity index (χ1v) is 8.54. The summed E-state index contributed by atoms with van der Waals surface area (Å²) in [6.45, 7) is 9.54. The van der Waals surface area contributed by atoms with E-state index in [-0.39, 0.29) is 0 Å². The van der Waals surface area contributed by atoms with Crippen molar-refractivity contribution in [3.63, 3.8) is 0 Å². The molecule has 0 saturated carbocycles. The maximum absolute atomic E-state index is 5.39. The Balaban J connectivity index is 1.45. The highest BCUT2D eigenvalue weighted by Gasteiger charge is 2.24. The Morgan fingerprint density at radius 1 is 1.26 bits per heavy atom. The Hall–Kier alpha value is -1.94. The Labute approximate surface area is 138 Å². The van der Waals surface area contributed by atoms with Gasteiger partial charge >= 0.3 is 0 Å². The lowest BCUT2D eigenvalue weighted by atomic mass is 9.96. The number of aromatic nitrogens is 2. The number of benzene rings is 1. The molecule has 3 rings (SSSR count). The molecule has 23 heavy (non-hydrogen) atoms. The molecule has 4 nitrogen and oxygen atoms in total. The number of rotatable bonds is 6. The van der Waals surface area contributed by atoms with Crippen molar-refractivity contribution in [2.45, 2.75) is 38.5 Å². The van der Waals surface area contributed by atoms with Crippen LogP contribution in [0.25, 0.3) is 5.57 Å². The quantitative estimate of drug-likeness (QED) is 0.811. The Bertz CT molecular complexity index is 627. The van der Waals surface area contributed by atoms with Gasteiger partial charge in [0, 0.05) is 18.9 Å². The van der Waals surface area contributed by atoms with Crippen LogP contribution < -0.4 is 0 Å². The molecule has 0 spiro atoms. The summed E-state index contributed by atoms with van der Waals surface area (Å²) >= 11 is 0. The number of hydrogen-bond acceptors (Lipinski definition) is 4. The van der Waals surface area contributed by atoms with E-state index in [2.05, 4.69) is 52.8 Å². The van der Waals surface area contributed by atoms with Crippen LogP contribution in [0.5, 0.6) is 0 Å². The van der Waals surface area contributed by atoms with E-state index >= 15 is 0 Å². The fraction of sp³-hybridized carbons (Fsp3) is 0.474. The molecular weight excluding hydrogens is 286 g/mol. The van der Waals surface area contributed by atoms with E-state index in [0.717, 1.165) is 57.0 Å². The maximum atomic E-state index is 5.39. The van der Waals surface area contributed by atoms with Gasteiger partial charge in [0.05, 0.1) is 0 Å². The van der Waals surface area contributed by atoms with E-state index in [1.54, 1.807) is 0 Å². The summed E-state index contributed by atoms with van der Waals surface area (Å²) in [7, 11) is 0. The molecule has 122 valence electrons. The zero-order valence-electron chi connectivity index (χ0n) is 13.9. The smallest absolute Gasteiger partial charge is 0.229 e. The van der Waals surface area contributed by atoms with Gasteiger partial charge in [0.1, 0.15) is 0 Å². The molecule has 2 aromatic rings. The average Bonchev–Trinajstić information content (AvgIpc) is 3.10. The van der Waals surface area contributed by atoms with Gasteiger partial charge < -0.3 is 9.42 Å². The summed E-state index contributed by atoms with van der Waals surface area (Å²) in [5.41, 5.74) is 2.47. The summed E-state index contributed by atoms with van der Waals surface area (Å²) in [6, 6.07) is 10.5. The molecule has 0 unspecified atom stereocenters. The van der Waals surface area contributed by atoms with Gasteiger partial charge in [0.15, 0.2) is 5.82 Å². The lowest BCUT2D eigenvalue weighted by molar-refractivity contribution is 0.198. The second kappa shape index (κ2) is 7.55. The molecule has 2 heterocycles. The third-order valence-electron chi connectivity index (χ3n) is 4.65. The Kier molecular flexibility index (Phi) is 5.23. The van der Waals surface area contributed by atoms with E-state index in [1.165, 1.54) is 11.1 Å². The van der Waals surface area contributed by atoms with Crippen LogP contribution in [0.1, 0.15) is 49.4 Å². The van der Waals surface area contributed by atoms with Crippen molar-refractivity contribution in [1.29, 1.82) is 0 Å². The monoisotopic (exact) mass is 311 g/mol. The predicted molar refractivity (Wildman–Crippen MR) is 92.2 cm³/mol. The molecule has 0 aliphatic carbocycles. The largest absolute Gasteiger partial charge is 0.339 e. The van der Waals surface area contributed by atoms with Crippen molar-refractivity contribution >= 4 is 5.57 Å². The van der Waals surface area contributed by atoms with E-state index in [0.29, 0.717) is 5.92 Å². The lowest BCUT2D eigenvalue weighted by Crippen LogP contribution is -2.33. The third-order valence-corrected chi connectivity index (χ3v) is 4.65. The number of piperidine rings is 1. The van der Waals surface area contributed by atoms with Gasteiger partial charge in [-0.15, -0.1) is 0 Å².